The number of nitrogens with one attached hydrogen (secondary N) is 1. The van der Waals surface area contributed by atoms with Crippen LogP contribution in [0, 0.1) is 0 Å². The van der Waals surface area contributed by atoms with Crippen molar-refractivity contribution in [3.05, 3.63) is 75.8 Å². The molecule has 13 nitrogen and oxygen atoms in total. The summed E-state index contributed by atoms with van der Waals surface area (Å²) >= 11 is 12.0. The maximum absolute atomic E-state index is 13.2. The van der Waals surface area contributed by atoms with Crippen molar-refractivity contribution in [1.29, 1.82) is 0 Å². The molecule has 3 aromatic carbocycles. The predicted molar refractivity (Wildman–Crippen MR) is 190 cm³/mol. The lowest BCUT2D eigenvalue weighted by molar-refractivity contribution is -0.143. The predicted octanol–water partition coefficient (Wildman–Crippen LogP) is 4.45. The molecule has 0 bridgehead atoms. The van der Waals surface area contributed by atoms with Crippen molar-refractivity contribution in [2.45, 2.75) is 36.4 Å². The summed E-state index contributed by atoms with van der Waals surface area (Å²) in [7, 11) is 0.629. The molecule has 1 saturated heterocycles. The zero-order valence-electron chi connectivity index (χ0n) is 28.6. The maximum Gasteiger partial charge on any atom is 0.326 e. The van der Waals surface area contributed by atoms with Gasteiger partial charge in [0.1, 0.15) is 23.6 Å². The van der Waals surface area contributed by atoms with Crippen molar-refractivity contribution in [2.24, 2.45) is 0 Å². The van der Waals surface area contributed by atoms with Gasteiger partial charge in [-0.2, -0.15) is 4.31 Å². The van der Waals surface area contributed by atoms with Crippen LogP contribution in [0.15, 0.2) is 59.5 Å². The van der Waals surface area contributed by atoms with Crippen LogP contribution < -0.4 is 14.8 Å². The number of carbonyl (C=O) groups excluding carboxylic acids is 1. The molecule has 51 heavy (non-hydrogen) atoms. The molecule has 1 heterocycles. The number of sulfonamides is 1. The Balaban J connectivity index is 1.36. The molecule has 2 atom stereocenters. The first-order valence-electron chi connectivity index (χ1n) is 16.1. The third kappa shape index (κ3) is 11.0. The van der Waals surface area contributed by atoms with Crippen LogP contribution >= 0.6 is 23.2 Å². The highest BCUT2D eigenvalue weighted by Crippen LogP contribution is 2.40. The fraction of sp³-hybridized carbons (Fsp3) is 0.429. The average Bonchev–Trinajstić information content (AvgIpc) is 3.07. The van der Waals surface area contributed by atoms with Gasteiger partial charge in [-0.1, -0.05) is 47.5 Å². The van der Waals surface area contributed by atoms with Gasteiger partial charge in [-0.05, 0) is 53.4 Å². The van der Waals surface area contributed by atoms with Gasteiger partial charge in [0.05, 0.1) is 70.9 Å². The lowest BCUT2D eigenvalue weighted by Gasteiger charge is -2.38. The fourth-order valence-corrected chi connectivity index (χ4v) is 7.70. The normalized spacial score (nSPS) is 15.2. The highest BCUT2D eigenvalue weighted by Gasteiger charge is 2.44. The molecule has 0 saturated carbocycles. The molecule has 3 aromatic rings. The number of carboxylic acid groups (broad SMARTS) is 1. The van der Waals surface area contributed by atoms with Gasteiger partial charge in [-0.3, -0.25) is 4.79 Å². The van der Waals surface area contributed by atoms with Gasteiger partial charge >= 0.3 is 5.97 Å². The highest BCUT2D eigenvalue weighted by atomic mass is 35.5. The molecule has 0 radical (unpaired) electrons. The quantitative estimate of drug-likeness (QED) is 0.148. The molecular formula is C35H42Cl2N2O11S. The molecule has 2 N–H and O–H groups in total. The smallest absolute Gasteiger partial charge is 0.326 e. The summed E-state index contributed by atoms with van der Waals surface area (Å²) in [6.07, 6.45) is 0.190. The third-order valence-electron chi connectivity index (χ3n) is 8.02. The number of halogens is 2. The Labute approximate surface area is 307 Å². The Kier molecular flexibility index (Phi) is 15.3. The minimum absolute atomic E-state index is 0.0418. The van der Waals surface area contributed by atoms with E-state index in [1.165, 1.54) is 18.2 Å². The Hall–Kier alpha value is -3.47. The van der Waals surface area contributed by atoms with Crippen LogP contribution in [0.2, 0.25) is 10.0 Å². The summed E-state index contributed by atoms with van der Waals surface area (Å²) in [6.45, 7) is 3.20. The van der Waals surface area contributed by atoms with E-state index in [2.05, 4.69) is 5.32 Å². The molecule has 4 rings (SSSR count). The van der Waals surface area contributed by atoms with Gasteiger partial charge < -0.3 is 38.8 Å². The second-order valence-corrected chi connectivity index (χ2v) is 14.2. The van der Waals surface area contributed by atoms with Crippen LogP contribution in [-0.2, 0) is 51.6 Å². The standard InChI is InChI=1S/C35H42Cl2N2O11S/c1-45-10-11-48-12-13-49-14-15-50-22-24-17-31(46-2)33(32(18-24)47-3)25-6-4-23(5-7-25)16-29(35(41)42)38-34(40)30-8-9-39(30)51(43,44)28-20-26(36)19-27(37)21-28/h4-7,17-21,29-30H,8-16,22H2,1-3H3,(H,38,40)(H,41,42)/t29-,30-/m0/s1. The molecule has 0 spiro atoms. The first-order chi connectivity index (χ1) is 24.5. The Morgan fingerprint density at radius 2 is 1.41 bits per heavy atom. The van der Waals surface area contributed by atoms with E-state index in [9.17, 15) is 23.1 Å². The molecule has 16 heteroatoms. The number of nitrogens with zero attached hydrogens (tertiary/aromatic N) is 1. The molecule has 0 unspecified atom stereocenters. The minimum Gasteiger partial charge on any atom is -0.496 e. The summed E-state index contributed by atoms with van der Waals surface area (Å²) in [5, 5.41) is 12.7. The van der Waals surface area contributed by atoms with Crippen LogP contribution in [0.3, 0.4) is 0 Å². The van der Waals surface area contributed by atoms with E-state index >= 15 is 0 Å². The number of hydrogen-bond donors (Lipinski definition) is 2. The third-order valence-corrected chi connectivity index (χ3v) is 10.3. The number of rotatable bonds is 21. The largest absolute Gasteiger partial charge is 0.496 e. The topological polar surface area (TPSA) is 159 Å². The zero-order valence-corrected chi connectivity index (χ0v) is 30.9. The van der Waals surface area contributed by atoms with Gasteiger partial charge in [0.2, 0.25) is 15.9 Å². The summed E-state index contributed by atoms with van der Waals surface area (Å²) in [5.41, 5.74) is 2.92. The molecule has 1 amide bonds. The molecule has 278 valence electrons. The van der Waals surface area contributed by atoms with E-state index < -0.39 is 34.0 Å². The zero-order chi connectivity index (χ0) is 37.0. The van der Waals surface area contributed by atoms with E-state index in [4.69, 9.17) is 51.6 Å². The minimum atomic E-state index is -4.10. The molecular weight excluding hydrogens is 727 g/mol. The van der Waals surface area contributed by atoms with E-state index in [1.807, 2.05) is 12.1 Å². The lowest BCUT2D eigenvalue weighted by atomic mass is 9.97. The van der Waals surface area contributed by atoms with Crippen molar-refractivity contribution in [3.63, 3.8) is 0 Å². The van der Waals surface area contributed by atoms with Crippen molar-refractivity contribution >= 4 is 45.1 Å². The number of benzene rings is 3. The summed E-state index contributed by atoms with van der Waals surface area (Å²) < 4.78 is 60.4. The van der Waals surface area contributed by atoms with Crippen molar-refractivity contribution in [2.75, 3.05) is 67.5 Å². The lowest BCUT2D eigenvalue weighted by Crippen LogP contribution is -2.60. The van der Waals surface area contributed by atoms with Crippen LogP contribution in [0.4, 0.5) is 0 Å². The van der Waals surface area contributed by atoms with E-state index in [-0.39, 0.29) is 34.3 Å². The number of carboxylic acids is 1. The second kappa shape index (κ2) is 19.4. The van der Waals surface area contributed by atoms with E-state index in [0.29, 0.717) is 68.9 Å². The second-order valence-electron chi connectivity index (χ2n) is 11.5. The first-order valence-corrected chi connectivity index (χ1v) is 18.3. The van der Waals surface area contributed by atoms with Crippen molar-refractivity contribution < 1.29 is 51.5 Å². The summed E-state index contributed by atoms with van der Waals surface area (Å²) in [4.78, 5) is 25.2. The van der Waals surface area contributed by atoms with Gasteiger partial charge in [0.25, 0.3) is 0 Å². The van der Waals surface area contributed by atoms with Gasteiger partial charge in [0, 0.05) is 30.1 Å². The monoisotopic (exact) mass is 768 g/mol. The maximum atomic E-state index is 13.2. The Morgan fingerprint density at radius 1 is 0.843 bits per heavy atom. The van der Waals surface area contributed by atoms with E-state index in [0.717, 1.165) is 15.4 Å². The number of ether oxygens (including phenoxy) is 6. The molecule has 0 aromatic heterocycles. The van der Waals surface area contributed by atoms with Gasteiger partial charge in [-0.25, -0.2) is 13.2 Å². The van der Waals surface area contributed by atoms with Crippen LogP contribution in [0.5, 0.6) is 11.5 Å². The first kappa shape index (κ1) is 40.3. The Morgan fingerprint density at radius 3 is 1.92 bits per heavy atom. The number of hydrogen-bond acceptors (Lipinski definition) is 10. The molecule has 1 fully saturated rings. The number of methoxy groups -OCH3 is 3. The highest BCUT2D eigenvalue weighted by molar-refractivity contribution is 7.89. The van der Waals surface area contributed by atoms with Crippen molar-refractivity contribution in [1.82, 2.24) is 9.62 Å². The van der Waals surface area contributed by atoms with Crippen LogP contribution in [-0.4, -0.2) is 109 Å². The number of aliphatic carboxylic acids is 1. The fourth-order valence-electron chi connectivity index (χ4n) is 5.34. The summed E-state index contributed by atoms with van der Waals surface area (Å²) in [5.74, 6) is -0.861. The molecule has 0 aliphatic carbocycles. The van der Waals surface area contributed by atoms with Crippen LogP contribution in [0.1, 0.15) is 17.5 Å². The number of carbonyl (C=O) groups is 2. The SMILES string of the molecule is COCCOCCOCCOCc1cc(OC)c(-c2ccc(C[C@H](NC(=O)[C@@H]3CCN3S(=O)(=O)c3cc(Cl)cc(Cl)c3)C(=O)O)cc2)c(OC)c1. The molecule has 1 aliphatic heterocycles. The van der Waals surface area contributed by atoms with Crippen LogP contribution in [0.25, 0.3) is 11.1 Å². The Bertz CT molecular complexity index is 1700. The van der Waals surface area contributed by atoms with Crippen molar-refractivity contribution in [3.8, 4) is 22.6 Å². The van der Waals surface area contributed by atoms with Gasteiger partial charge in [-0.15, -0.1) is 0 Å². The van der Waals surface area contributed by atoms with Gasteiger partial charge in [0.15, 0.2) is 0 Å². The van der Waals surface area contributed by atoms with E-state index in [1.54, 1.807) is 45.6 Å². The average molecular weight is 770 g/mol. The number of amides is 1. The molecule has 1 aliphatic rings. The summed E-state index contributed by atoms with van der Waals surface area (Å²) in [6, 6.07) is 12.3.